The molecule has 0 amide bonds. The number of hydrogen-bond acceptors (Lipinski definition) is 4. The molecule has 1 unspecified atom stereocenters. The van der Waals surface area contributed by atoms with E-state index in [1.807, 2.05) is 0 Å². The minimum atomic E-state index is -2.61. The summed E-state index contributed by atoms with van der Waals surface area (Å²) in [5.41, 5.74) is -0.938. The highest BCUT2D eigenvalue weighted by atomic mass is 16.5. The van der Waals surface area contributed by atoms with Crippen LogP contribution in [0.4, 0.5) is 0 Å². The summed E-state index contributed by atoms with van der Waals surface area (Å²) in [6.45, 7) is -2.67. The van der Waals surface area contributed by atoms with Crippen LogP contribution in [0.15, 0.2) is 12.1 Å². The van der Waals surface area contributed by atoms with E-state index in [4.69, 9.17) is 17.7 Å². The van der Waals surface area contributed by atoms with E-state index in [9.17, 15) is 6.17 Å². The fraction of sp³-hybridized carbons (Fsp3) is 0.611. The van der Waals surface area contributed by atoms with Crippen LogP contribution in [0, 0.1) is 5.89 Å². The van der Waals surface area contributed by atoms with Crippen molar-refractivity contribution >= 4 is 5.78 Å². The van der Waals surface area contributed by atoms with E-state index < -0.39 is 42.6 Å². The summed E-state index contributed by atoms with van der Waals surface area (Å²) >= 11 is 0. The zero-order valence-electron chi connectivity index (χ0n) is 19.2. The molecule has 5 rings (SSSR count). The van der Waals surface area contributed by atoms with Gasteiger partial charge in [0.2, 0.25) is 0 Å². The van der Waals surface area contributed by atoms with Gasteiger partial charge in [-0.25, -0.2) is 0 Å². The van der Waals surface area contributed by atoms with Crippen LogP contribution >= 0.6 is 0 Å². The molecule has 4 aliphatic rings. The van der Waals surface area contributed by atoms with Crippen LogP contribution in [-0.4, -0.2) is 43.4 Å². The molecule has 2 bridgehead atoms. The molecule has 1 aromatic carbocycles. The van der Waals surface area contributed by atoms with Gasteiger partial charge in [0, 0.05) is 31.7 Å². The number of likely N-dealkylation sites (tertiary alicyclic amines) is 1. The number of rotatable bonds is 1. The van der Waals surface area contributed by atoms with E-state index in [0.717, 1.165) is 4.90 Å². The second-order valence-electron chi connectivity index (χ2n) is 6.29. The SMILES string of the molecule is [2H]C1([2H])c2ccc(OC)c3c2[C@]24CCN(C([2H])([2H])[2H])[C@H]1[C@]2([2H])CCC(=O)C4([2H])O3. The summed E-state index contributed by atoms with van der Waals surface area (Å²) < 4.78 is 71.5. The Labute approximate surface area is 140 Å². The van der Waals surface area contributed by atoms with E-state index in [-0.39, 0.29) is 42.9 Å². The monoisotopic (exact) mass is 306 g/mol. The summed E-state index contributed by atoms with van der Waals surface area (Å²) in [7, 11) is 1.42. The third-order valence-electron chi connectivity index (χ3n) is 5.44. The number of methoxy groups -OCH3 is 1. The third-order valence-corrected chi connectivity index (χ3v) is 5.44. The van der Waals surface area contributed by atoms with Crippen LogP contribution < -0.4 is 9.47 Å². The molecule has 0 N–H and O–H groups in total. The number of piperidine rings is 1. The highest BCUT2D eigenvalue weighted by molar-refractivity contribution is 5.89. The van der Waals surface area contributed by atoms with Gasteiger partial charge in [-0.15, -0.1) is 0 Å². The van der Waals surface area contributed by atoms with Crippen molar-refractivity contribution in [2.24, 2.45) is 5.89 Å². The number of carbonyl (C=O) groups is 1. The summed E-state index contributed by atoms with van der Waals surface area (Å²) in [5, 5.41) is 0. The van der Waals surface area contributed by atoms with Crippen molar-refractivity contribution < 1.29 is 23.9 Å². The first-order valence-electron chi connectivity index (χ1n) is 11.1. The molecule has 2 heterocycles. The summed E-state index contributed by atoms with van der Waals surface area (Å²) in [4.78, 5) is 14.0. The minimum absolute atomic E-state index is 0.0251. The van der Waals surface area contributed by atoms with Gasteiger partial charge >= 0.3 is 0 Å². The van der Waals surface area contributed by atoms with E-state index in [1.54, 1.807) is 0 Å². The molecule has 4 heteroatoms. The van der Waals surface area contributed by atoms with Gasteiger partial charge in [-0.1, -0.05) is 6.07 Å². The first-order valence-corrected chi connectivity index (χ1v) is 7.57. The smallest absolute Gasteiger partial charge is 0.174 e. The number of hydrogen-bond donors (Lipinski definition) is 0. The maximum atomic E-state index is 13.0. The van der Waals surface area contributed by atoms with Gasteiger partial charge in [0.25, 0.3) is 0 Å². The summed E-state index contributed by atoms with van der Waals surface area (Å²) in [6, 6.07) is 1.69. The molecular formula is C18H21NO3. The van der Waals surface area contributed by atoms with E-state index in [1.165, 1.54) is 19.2 Å². The van der Waals surface area contributed by atoms with Gasteiger partial charge < -0.3 is 14.4 Å². The molecule has 1 aromatic rings. The Morgan fingerprint density at radius 3 is 3.32 bits per heavy atom. The number of carbonyl (C=O) groups excluding carboxylic acids is 1. The van der Waals surface area contributed by atoms with Crippen molar-refractivity contribution in [3.05, 3.63) is 23.3 Å². The number of ether oxygens (including phenoxy) is 2. The van der Waals surface area contributed by atoms with Crippen molar-refractivity contribution in [2.75, 3.05) is 20.6 Å². The third kappa shape index (κ3) is 1.27. The van der Waals surface area contributed by atoms with E-state index >= 15 is 0 Å². The molecule has 2 fully saturated rings. The lowest BCUT2D eigenvalue weighted by Crippen LogP contribution is -2.65. The second kappa shape index (κ2) is 4.05. The maximum Gasteiger partial charge on any atom is 0.174 e. The topological polar surface area (TPSA) is 38.8 Å². The van der Waals surface area contributed by atoms with Gasteiger partial charge in [-0.05, 0) is 50.3 Å². The highest BCUT2D eigenvalue weighted by Gasteiger charge is 2.65. The maximum absolute atomic E-state index is 13.0. The summed E-state index contributed by atoms with van der Waals surface area (Å²) in [6.07, 6.45) is -4.41. The lowest BCUT2D eigenvalue weighted by molar-refractivity contribution is -0.138. The molecule has 1 saturated carbocycles. The Morgan fingerprint density at radius 2 is 2.50 bits per heavy atom. The predicted octanol–water partition coefficient (Wildman–Crippen LogP) is 1.93. The molecule has 116 valence electrons. The first kappa shape index (κ1) is 7.82. The minimum Gasteiger partial charge on any atom is -0.493 e. The lowest BCUT2D eigenvalue weighted by Gasteiger charge is -2.57. The van der Waals surface area contributed by atoms with Crippen LogP contribution in [0.3, 0.4) is 0 Å². The van der Waals surface area contributed by atoms with Crippen molar-refractivity contribution in [3.63, 3.8) is 0 Å². The second-order valence-corrected chi connectivity index (χ2v) is 6.29. The lowest BCUT2D eigenvalue weighted by atomic mass is 9.52. The van der Waals surface area contributed by atoms with Crippen LogP contribution in [0.5, 0.6) is 11.5 Å². The Kier molecular flexibility index (Phi) is 1.44. The fourth-order valence-corrected chi connectivity index (χ4v) is 4.54. The van der Waals surface area contributed by atoms with Gasteiger partial charge in [0.1, 0.15) is 0 Å². The van der Waals surface area contributed by atoms with Gasteiger partial charge in [0.15, 0.2) is 23.4 Å². The fourth-order valence-electron chi connectivity index (χ4n) is 4.54. The molecule has 4 atom stereocenters. The van der Waals surface area contributed by atoms with Crippen LogP contribution in [0.1, 0.15) is 40.0 Å². The first-order chi connectivity index (χ1) is 13.4. The van der Waals surface area contributed by atoms with Crippen LogP contribution in [0.25, 0.3) is 0 Å². The highest BCUT2D eigenvalue weighted by Crippen LogP contribution is 2.62. The number of likely N-dealkylation sites (N-methyl/N-ethyl adjacent to an activating group) is 1. The molecule has 0 aromatic heterocycles. The van der Waals surface area contributed by atoms with Crippen molar-refractivity contribution in [3.8, 4) is 11.5 Å². The largest absolute Gasteiger partial charge is 0.493 e. The van der Waals surface area contributed by atoms with E-state index in [2.05, 4.69) is 0 Å². The quantitative estimate of drug-likeness (QED) is 0.795. The Balaban J connectivity index is 1.92. The Bertz CT molecular complexity index is 950. The number of ketones is 1. The standard InChI is InChI=1S/C18H21NO3/c1-19-8-7-18-11-4-5-13(20)17(18)22-16-14(21-2)6-3-10(15(16)18)9-12(11)19/h3,6,11-12,17H,4-5,7-9H2,1-2H3/t11-,12+,17?,18-/m0/s1/i1D3,9D2,11D,17D. The van der Waals surface area contributed by atoms with E-state index in [0.29, 0.717) is 5.56 Å². The van der Waals surface area contributed by atoms with Crippen molar-refractivity contribution in [1.29, 1.82) is 0 Å². The molecule has 4 nitrogen and oxygen atoms in total. The van der Waals surface area contributed by atoms with Crippen molar-refractivity contribution in [2.45, 2.75) is 43.2 Å². The van der Waals surface area contributed by atoms with Gasteiger partial charge in [-0.3, -0.25) is 4.79 Å². The van der Waals surface area contributed by atoms with Gasteiger partial charge in [-0.2, -0.15) is 0 Å². The van der Waals surface area contributed by atoms with Crippen LogP contribution in [-0.2, 0) is 16.6 Å². The zero-order chi connectivity index (χ0) is 21.2. The number of benzene rings is 1. The van der Waals surface area contributed by atoms with Crippen molar-refractivity contribution in [1.82, 2.24) is 4.90 Å². The molecule has 1 spiro atoms. The number of nitrogens with zero attached hydrogens (tertiary/aromatic N) is 1. The molecule has 1 saturated heterocycles. The Hall–Kier alpha value is -1.55. The average Bonchev–Trinajstić information content (AvgIpc) is 2.90. The normalized spacial score (nSPS) is 52.7. The molecular weight excluding hydrogens is 278 g/mol. The molecule has 2 aliphatic carbocycles. The molecule has 2 aliphatic heterocycles. The average molecular weight is 306 g/mol. The predicted molar refractivity (Wildman–Crippen MR) is 81.6 cm³/mol. The summed E-state index contributed by atoms with van der Waals surface area (Å²) in [5.74, 6) is -1.77. The molecule has 0 radical (unpaired) electrons. The Morgan fingerprint density at radius 1 is 1.59 bits per heavy atom. The number of Topliss-reactive ketones (excluding diaryl/α,β-unsaturated/α-hetero) is 1. The molecule has 22 heavy (non-hydrogen) atoms. The van der Waals surface area contributed by atoms with Gasteiger partial charge in [0.05, 0.1) is 8.48 Å². The van der Waals surface area contributed by atoms with Crippen LogP contribution in [0.2, 0.25) is 0 Å². The zero-order valence-corrected chi connectivity index (χ0v) is 12.2.